The van der Waals surface area contributed by atoms with E-state index in [0.29, 0.717) is 0 Å². The molecule has 3 nitrogen and oxygen atoms in total. The van der Waals surface area contributed by atoms with Gasteiger partial charge in [0.2, 0.25) is 0 Å². The van der Waals surface area contributed by atoms with E-state index in [9.17, 15) is 4.79 Å². The van der Waals surface area contributed by atoms with Crippen molar-refractivity contribution >= 4 is 37.5 Å². The van der Waals surface area contributed by atoms with Crippen molar-refractivity contribution in [2.24, 2.45) is 5.73 Å². The van der Waals surface area contributed by atoms with Gasteiger partial charge in [-0.15, -0.1) is 0 Å². The van der Waals surface area contributed by atoms with Crippen molar-refractivity contribution in [3.8, 4) is 0 Å². The molecule has 0 heterocycles. The van der Waals surface area contributed by atoms with Gasteiger partial charge in [0.1, 0.15) is 5.78 Å². The molecule has 0 amide bonds. The molecule has 4 heteroatoms. The van der Waals surface area contributed by atoms with Crippen LogP contribution in [0.3, 0.4) is 0 Å². The number of hydrogen-bond acceptors (Lipinski definition) is 2. The van der Waals surface area contributed by atoms with E-state index in [4.69, 9.17) is 11.1 Å². The molecule has 9 heavy (non-hydrogen) atoms. The Balaban J connectivity index is -0.0000000720. The molecule has 0 aliphatic rings. The molecule has 0 rings (SSSR count). The summed E-state index contributed by atoms with van der Waals surface area (Å²) >= 11 is 0. The zero-order valence-corrected chi connectivity index (χ0v) is 9.36. The van der Waals surface area contributed by atoms with Crippen molar-refractivity contribution in [2.75, 3.05) is 0 Å². The molecule has 0 saturated heterocycles. The van der Waals surface area contributed by atoms with Crippen molar-refractivity contribution in [1.82, 2.24) is 0 Å². The molecular weight excluding hydrogens is 219 g/mol. The minimum Gasteiger partial charge on any atom is -0.388 e. The molecule has 0 aromatic heterocycles. The van der Waals surface area contributed by atoms with E-state index >= 15 is 0 Å². The summed E-state index contributed by atoms with van der Waals surface area (Å²) in [4.78, 5) is 9.44. The molecule has 0 bridgehead atoms. The summed E-state index contributed by atoms with van der Waals surface area (Å²) < 4.78 is 0. The maximum absolute atomic E-state index is 9.44. The first-order valence-corrected chi connectivity index (χ1v) is 2.24. The van der Waals surface area contributed by atoms with E-state index in [2.05, 4.69) is 0 Å². The van der Waals surface area contributed by atoms with E-state index in [1.807, 2.05) is 0 Å². The first kappa shape index (κ1) is 16.0. The van der Waals surface area contributed by atoms with E-state index < -0.39 is 0 Å². The van der Waals surface area contributed by atoms with Gasteiger partial charge in [-0.3, -0.25) is 5.41 Å². The normalized spacial score (nSPS) is 5.67. The zero-order chi connectivity index (χ0) is 7.15. The van der Waals surface area contributed by atoms with Crippen LogP contribution in [0.2, 0.25) is 0 Å². The van der Waals surface area contributed by atoms with Crippen LogP contribution in [0.5, 0.6) is 0 Å². The Morgan fingerprint density at radius 2 is 1.33 bits per heavy atom. The van der Waals surface area contributed by atoms with Crippen molar-refractivity contribution in [3.63, 3.8) is 0 Å². The molecule has 0 aliphatic carbocycles. The Morgan fingerprint density at radius 1 is 1.33 bits per heavy atom. The van der Waals surface area contributed by atoms with Crippen LogP contribution in [0.25, 0.3) is 0 Å². The molecule has 0 atom stereocenters. The van der Waals surface area contributed by atoms with Gasteiger partial charge in [0.25, 0.3) is 0 Å². The molecule has 0 aromatic rings. The molecular formula is C5H12InN2O. The van der Waals surface area contributed by atoms with Crippen LogP contribution in [0.15, 0.2) is 0 Å². The van der Waals surface area contributed by atoms with E-state index in [0.717, 1.165) is 0 Å². The van der Waals surface area contributed by atoms with Crippen molar-refractivity contribution in [1.29, 1.82) is 5.41 Å². The number of amidine groups is 1. The van der Waals surface area contributed by atoms with Gasteiger partial charge in [-0.2, -0.15) is 0 Å². The average Bonchev–Trinajstić information content (AvgIpc) is 1.25. The summed E-state index contributed by atoms with van der Waals surface area (Å²) in [6, 6.07) is 0. The summed E-state index contributed by atoms with van der Waals surface area (Å²) in [5.74, 6) is 0.333. The van der Waals surface area contributed by atoms with E-state index in [1.165, 1.54) is 20.8 Å². The second kappa shape index (κ2) is 10.9. The number of nitrogens with two attached hydrogens (primary N) is 1. The minimum atomic E-state index is 0. The Morgan fingerprint density at radius 3 is 1.33 bits per heavy atom. The molecule has 0 saturated carbocycles. The van der Waals surface area contributed by atoms with Gasteiger partial charge in [-0.25, -0.2) is 0 Å². The standard InChI is InChI=1S/C3H6O.C2H6N2.In/c1-3(2)4;1-2(3)4;/h1-2H3;1H3,(H3,3,4);. The summed E-state index contributed by atoms with van der Waals surface area (Å²) in [7, 11) is 0. The van der Waals surface area contributed by atoms with Crippen LogP contribution in [0, 0.1) is 5.41 Å². The van der Waals surface area contributed by atoms with Crippen molar-refractivity contribution in [2.45, 2.75) is 20.8 Å². The predicted octanol–water partition coefficient (Wildman–Crippen LogP) is 0.157. The van der Waals surface area contributed by atoms with Gasteiger partial charge < -0.3 is 10.5 Å². The first-order valence-electron chi connectivity index (χ1n) is 2.24. The van der Waals surface area contributed by atoms with Crippen LogP contribution in [-0.4, -0.2) is 37.5 Å². The third-order valence-corrected chi connectivity index (χ3v) is 0. The predicted molar refractivity (Wildman–Crippen MR) is 39.7 cm³/mol. The number of hydrogen-bond donors (Lipinski definition) is 2. The molecule has 3 N–H and O–H groups in total. The van der Waals surface area contributed by atoms with Gasteiger partial charge in [0, 0.05) is 25.8 Å². The largest absolute Gasteiger partial charge is 0.388 e. The maximum atomic E-state index is 9.44. The average molecular weight is 231 g/mol. The van der Waals surface area contributed by atoms with Gasteiger partial charge in [-0.1, -0.05) is 0 Å². The van der Waals surface area contributed by atoms with Gasteiger partial charge >= 0.3 is 0 Å². The Labute approximate surface area is 74.3 Å². The number of Topliss-reactive ketones (excluding diaryl/α,β-unsaturated/α-hetero) is 1. The molecule has 0 aromatic carbocycles. The fourth-order valence-corrected chi connectivity index (χ4v) is 0. The number of rotatable bonds is 0. The molecule has 51 valence electrons. The minimum absolute atomic E-state index is 0. The van der Waals surface area contributed by atoms with Crippen LogP contribution in [0.4, 0.5) is 0 Å². The van der Waals surface area contributed by atoms with Crippen LogP contribution in [-0.2, 0) is 4.79 Å². The van der Waals surface area contributed by atoms with E-state index in [1.54, 1.807) is 0 Å². The van der Waals surface area contributed by atoms with Crippen LogP contribution < -0.4 is 5.73 Å². The Bertz CT molecular complexity index is 73.0. The summed E-state index contributed by atoms with van der Waals surface area (Å²) in [5.41, 5.74) is 4.69. The number of carbonyl (C=O) groups excluding carboxylic acids is 1. The third kappa shape index (κ3) is 2820000. The summed E-state index contributed by atoms with van der Waals surface area (Å²) in [6.07, 6.45) is 0. The smallest absolute Gasteiger partial charge is 0.126 e. The number of ketones is 1. The van der Waals surface area contributed by atoms with Gasteiger partial charge in [0.05, 0.1) is 5.84 Å². The molecule has 0 fully saturated rings. The number of nitrogens with one attached hydrogen (secondary N) is 1. The molecule has 0 spiro atoms. The van der Waals surface area contributed by atoms with Crippen molar-refractivity contribution < 1.29 is 4.79 Å². The monoisotopic (exact) mass is 231 g/mol. The van der Waals surface area contributed by atoms with E-state index in [-0.39, 0.29) is 37.5 Å². The molecule has 0 aliphatic heterocycles. The summed E-state index contributed by atoms with van der Waals surface area (Å²) in [5, 5.41) is 6.28. The second-order valence-electron chi connectivity index (χ2n) is 1.59. The molecule has 0 unspecified atom stereocenters. The van der Waals surface area contributed by atoms with Crippen LogP contribution in [0.1, 0.15) is 20.8 Å². The topological polar surface area (TPSA) is 66.9 Å². The summed E-state index contributed by atoms with van der Waals surface area (Å²) in [6.45, 7) is 4.58. The quantitative estimate of drug-likeness (QED) is 0.460. The second-order valence-corrected chi connectivity index (χ2v) is 1.59. The maximum Gasteiger partial charge on any atom is 0.126 e. The zero-order valence-electron chi connectivity index (χ0n) is 6.06. The fraction of sp³-hybridized carbons (Fsp3) is 0.600. The fourth-order valence-electron chi connectivity index (χ4n) is 0. The van der Waals surface area contributed by atoms with Gasteiger partial charge in [0.15, 0.2) is 0 Å². The van der Waals surface area contributed by atoms with Crippen molar-refractivity contribution in [3.05, 3.63) is 0 Å². The molecule has 3 radical (unpaired) electrons. The Hall–Kier alpha value is 0.0101. The number of carbonyl (C=O) groups is 1. The van der Waals surface area contributed by atoms with Crippen LogP contribution >= 0.6 is 0 Å². The van der Waals surface area contributed by atoms with Gasteiger partial charge in [-0.05, 0) is 20.8 Å². The SMILES string of the molecule is CC(=N)N.CC(C)=O.[In]. The first-order chi connectivity index (χ1) is 3.46. The Kier molecular flexibility index (Phi) is 19.4. The third-order valence-electron chi connectivity index (χ3n) is 0.